The van der Waals surface area contributed by atoms with E-state index in [1.165, 1.54) is 4.52 Å². The number of hydrogen-bond donors (Lipinski definition) is 2. The Kier molecular flexibility index (Phi) is 3.95. The fraction of sp³-hybridized carbons (Fsp3) is 0.188. The molecule has 0 aliphatic rings. The molecule has 3 aromatic rings. The summed E-state index contributed by atoms with van der Waals surface area (Å²) in [6.07, 6.45) is 0. The van der Waals surface area contributed by atoms with Crippen LogP contribution in [0.4, 0.5) is 0 Å². The van der Waals surface area contributed by atoms with E-state index >= 15 is 0 Å². The van der Waals surface area contributed by atoms with Crippen LogP contribution in [0.3, 0.4) is 0 Å². The molecule has 0 fully saturated rings. The number of aromatic nitrogens is 4. The number of hydrogen-bond acceptors (Lipinski definition) is 6. The van der Waals surface area contributed by atoms with Gasteiger partial charge in [0.05, 0.1) is 5.71 Å². The lowest BCUT2D eigenvalue weighted by atomic mass is 10.1. The van der Waals surface area contributed by atoms with Gasteiger partial charge in [0.1, 0.15) is 5.75 Å². The number of aryl methyl sites for hydroxylation is 2. The van der Waals surface area contributed by atoms with E-state index in [-0.39, 0.29) is 11.6 Å². The number of carbonyl (C=O) groups excluding carboxylic acids is 1. The van der Waals surface area contributed by atoms with Crippen LogP contribution in [0.2, 0.25) is 0 Å². The van der Waals surface area contributed by atoms with Gasteiger partial charge in [-0.05, 0) is 56.7 Å². The van der Waals surface area contributed by atoms with Gasteiger partial charge >= 0.3 is 5.91 Å². The molecular weight excluding hydrogens is 308 g/mol. The first kappa shape index (κ1) is 15.6. The Morgan fingerprint density at radius 1 is 1.21 bits per heavy atom. The molecule has 8 heteroatoms. The summed E-state index contributed by atoms with van der Waals surface area (Å²) in [5.41, 5.74) is 5.45. The molecule has 0 atom stereocenters. The van der Waals surface area contributed by atoms with Gasteiger partial charge in [0.25, 0.3) is 5.78 Å². The summed E-state index contributed by atoms with van der Waals surface area (Å²) in [5.74, 6) is 0.0219. The fourth-order valence-electron chi connectivity index (χ4n) is 2.21. The van der Waals surface area contributed by atoms with E-state index in [1.54, 1.807) is 31.2 Å². The van der Waals surface area contributed by atoms with Crippen molar-refractivity contribution in [2.45, 2.75) is 20.8 Å². The van der Waals surface area contributed by atoms with Crippen LogP contribution in [0.5, 0.6) is 5.75 Å². The smallest absolute Gasteiger partial charge is 0.311 e. The normalized spacial score (nSPS) is 11.7. The van der Waals surface area contributed by atoms with Gasteiger partial charge in [0.15, 0.2) is 0 Å². The van der Waals surface area contributed by atoms with E-state index in [9.17, 15) is 9.90 Å². The first-order valence-electron chi connectivity index (χ1n) is 7.29. The zero-order valence-electron chi connectivity index (χ0n) is 13.5. The molecule has 8 nitrogen and oxygen atoms in total. The number of nitrogens with zero attached hydrogens (tertiary/aromatic N) is 5. The second-order valence-corrected chi connectivity index (χ2v) is 5.37. The summed E-state index contributed by atoms with van der Waals surface area (Å²) >= 11 is 0. The van der Waals surface area contributed by atoms with Crippen LogP contribution >= 0.6 is 0 Å². The molecule has 2 heterocycles. The summed E-state index contributed by atoms with van der Waals surface area (Å²) in [7, 11) is 0. The second-order valence-electron chi connectivity index (χ2n) is 5.37. The maximum Gasteiger partial charge on any atom is 0.311 e. The predicted octanol–water partition coefficient (Wildman–Crippen LogP) is 1.60. The molecule has 0 radical (unpaired) electrons. The van der Waals surface area contributed by atoms with Crippen molar-refractivity contribution in [3.63, 3.8) is 0 Å². The average Bonchev–Trinajstić information content (AvgIpc) is 2.97. The van der Waals surface area contributed by atoms with Crippen molar-refractivity contribution >= 4 is 17.4 Å². The lowest BCUT2D eigenvalue weighted by Gasteiger charge is -2.01. The number of aromatic hydroxyl groups is 1. The summed E-state index contributed by atoms with van der Waals surface area (Å²) in [4.78, 5) is 20.5. The Morgan fingerprint density at radius 3 is 2.62 bits per heavy atom. The molecule has 0 bridgehead atoms. The van der Waals surface area contributed by atoms with Gasteiger partial charge in [-0.2, -0.15) is 10.1 Å². The van der Waals surface area contributed by atoms with Crippen molar-refractivity contribution in [3.8, 4) is 5.75 Å². The van der Waals surface area contributed by atoms with E-state index in [2.05, 4.69) is 25.6 Å². The van der Waals surface area contributed by atoms with Crippen molar-refractivity contribution in [2.24, 2.45) is 5.10 Å². The third kappa shape index (κ3) is 3.07. The number of nitrogens with one attached hydrogen (secondary N) is 1. The van der Waals surface area contributed by atoms with Crippen LogP contribution in [-0.4, -0.2) is 36.3 Å². The van der Waals surface area contributed by atoms with Gasteiger partial charge in [0.2, 0.25) is 5.82 Å². The van der Waals surface area contributed by atoms with Crippen LogP contribution in [-0.2, 0) is 0 Å². The average molecular weight is 324 g/mol. The van der Waals surface area contributed by atoms with Crippen LogP contribution in [0.25, 0.3) is 5.78 Å². The molecule has 24 heavy (non-hydrogen) atoms. The van der Waals surface area contributed by atoms with Crippen LogP contribution in [0, 0.1) is 13.8 Å². The first-order valence-corrected chi connectivity index (χ1v) is 7.29. The third-order valence-corrected chi connectivity index (χ3v) is 3.43. The van der Waals surface area contributed by atoms with E-state index in [1.807, 2.05) is 19.9 Å². The highest BCUT2D eigenvalue weighted by Gasteiger charge is 2.14. The number of rotatable bonds is 3. The van der Waals surface area contributed by atoms with Crippen molar-refractivity contribution in [1.29, 1.82) is 0 Å². The summed E-state index contributed by atoms with van der Waals surface area (Å²) in [6.45, 7) is 5.47. The van der Waals surface area contributed by atoms with Crippen molar-refractivity contribution < 1.29 is 9.90 Å². The highest BCUT2D eigenvalue weighted by molar-refractivity contribution is 6.00. The number of fused-ring (bicyclic) bond motifs is 1. The maximum atomic E-state index is 12.2. The Balaban J connectivity index is 1.81. The van der Waals surface area contributed by atoms with E-state index in [0.717, 1.165) is 17.0 Å². The predicted molar refractivity (Wildman–Crippen MR) is 88.0 cm³/mol. The quantitative estimate of drug-likeness (QED) is 0.562. The molecule has 1 aromatic carbocycles. The molecule has 122 valence electrons. The number of phenolic OH excluding ortho intramolecular Hbond substituents is 1. The molecule has 3 rings (SSSR count). The Morgan fingerprint density at radius 2 is 1.92 bits per heavy atom. The standard InChI is InChI=1S/C16H16N6O2/c1-9-8-10(2)22-16(17-9)18-14(21-22)15(24)20-19-11(3)12-4-6-13(23)7-5-12/h4-8,23H,1-3H3,(H,20,24). The minimum Gasteiger partial charge on any atom is -0.508 e. The van der Waals surface area contributed by atoms with E-state index in [4.69, 9.17) is 0 Å². The van der Waals surface area contributed by atoms with Gasteiger partial charge in [-0.25, -0.2) is 14.9 Å². The van der Waals surface area contributed by atoms with Crippen molar-refractivity contribution in [1.82, 2.24) is 25.0 Å². The number of phenols is 1. The molecule has 0 saturated carbocycles. The van der Waals surface area contributed by atoms with Crippen molar-refractivity contribution in [3.05, 3.63) is 53.1 Å². The Labute approximate surface area is 137 Å². The summed E-state index contributed by atoms with van der Waals surface area (Å²) < 4.78 is 1.51. The third-order valence-electron chi connectivity index (χ3n) is 3.43. The Bertz CT molecular complexity index is 943. The van der Waals surface area contributed by atoms with E-state index in [0.29, 0.717) is 11.5 Å². The van der Waals surface area contributed by atoms with Crippen LogP contribution < -0.4 is 5.43 Å². The minimum atomic E-state index is -0.518. The molecule has 1 amide bonds. The van der Waals surface area contributed by atoms with Crippen LogP contribution in [0.15, 0.2) is 35.4 Å². The topological polar surface area (TPSA) is 105 Å². The lowest BCUT2D eigenvalue weighted by Crippen LogP contribution is -2.20. The minimum absolute atomic E-state index is 0.00143. The molecular formula is C16H16N6O2. The lowest BCUT2D eigenvalue weighted by molar-refractivity contribution is 0.0944. The fourth-order valence-corrected chi connectivity index (χ4v) is 2.21. The molecule has 0 unspecified atom stereocenters. The van der Waals surface area contributed by atoms with Gasteiger partial charge in [-0.1, -0.05) is 0 Å². The van der Waals surface area contributed by atoms with Gasteiger partial charge in [-0.3, -0.25) is 4.79 Å². The van der Waals surface area contributed by atoms with Gasteiger partial charge in [0, 0.05) is 11.4 Å². The molecule has 0 saturated heterocycles. The second kappa shape index (κ2) is 6.07. The van der Waals surface area contributed by atoms with Crippen molar-refractivity contribution in [2.75, 3.05) is 0 Å². The zero-order valence-corrected chi connectivity index (χ0v) is 13.5. The highest BCUT2D eigenvalue weighted by Crippen LogP contribution is 2.10. The molecule has 2 N–H and O–H groups in total. The van der Waals surface area contributed by atoms with Gasteiger partial charge in [-0.15, -0.1) is 5.10 Å². The largest absolute Gasteiger partial charge is 0.508 e. The molecule has 0 aliphatic heterocycles. The number of carbonyl (C=O) groups is 1. The maximum absolute atomic E-state index is 12.2. The zero-order chi connectivity index (χ0) is 17.3. The van der Waals surface area contributed by atoms with E-state index < -0.39 is 5.91 Å². The SMILES string of the molecule is CC(=NNC(=O)c1nc2nc(C)cc(C)n2n1)c1ccc(O)cc1. The molecule has 0 spiro atoms. The summed E-state index contributed by atoms with van der Waals surface area (Å²) in [5, 5.41) is 17.5. The number of benzene rings is 1. The highest BCUT2D eigenvalue weighted by atomic mass is 16.3. The molecule has 0 aliphatic carbocycles. The monoisotopic (exact) mass is 324 g/mol. The van der Waals surface area contributed by atoms with Gasteiger partial charge < -0.3 is 5.11 Å². The summed E-state index contributed by atoms with van der Waals surface area (Å²) in [6, 6.07) is 8.38. The van der Waals surface area contributed by atoms with Crippen LogP contribution in [0.1, 0.15) is 34.5 Å². The number of amides is 1. The first-order chi connectivity index (χ1) is 11.4. The molecule has 2 aromatic heterocycles. The Hall–Kier alpha value is -3.29. The number of hydrazone groups is 1.